The van der Waals surface area contributed by atoms with Crippen LogP contribution in [-0.4, -0.2) is 4.98 Å². The van der Waals surface area contributed by atoms with Crippen LogP contribution in [0.2, 0.25) is 0 Å². The molecule has 1 nitrogen and oxygen atoms in total. The van der Waals surface area contributed by atoms with Crippen molar-refractivity contribution in [2.75, 3.05) is 0 Å². The maximum Gasteiger partial charge on any atom is 0.123 e. The van der Waals surface area contributed by atoms with Crippen LogP contribution in [0, 0.1) is 11.9 Å². The Morgan fingerprint density at radius 1 is 1.00 bits per heavy atom. The fourth-order valence-electron chi connectivity index (χ4n) is 2.34. The molecule has 3 aromatic rings. The summed E-state index contributed by atoms with van der Waals surface area (Å²) in [4.78, 5) is 4.64. The highest BCUT2D eigenvalue weighted by atomic mass is 19.1. The molecule has 0 atom stereocenters. The lowest BCUT2D eigenvalue weighted by Gasteiger charge is -2.12. The number of benzene rings is 2. The van der Waals surface area contributed by atoms with E-state index < -0.39 is 0 Å². The monoisotopic (exact) mass is 264 g/mol. The Hall–Kier alpha value is -2.22. The van der Waals surface area contributed by atoms with Crippen molar-refractivity contribution in [2.24, 2.45) is 0 Å². The van der Waals surface area contributed by atoms with Crippen LogP contribution in [0.25, 0.3) is 22.2 Å². The molecule has 2 aromatic carbocycles. The van der Waals surface area contributed by atoms with Crippen LogP contribution < -0.4 is 0 Å². The minimum atomic E-state index is -0.237. The summed E-state index contributed by atoms with van der Waals surface area (Å²) in [6.07, 6.45) is 0. The Morgan fingerprint density at radius 2 is 1.70 bits per heavy atom. The quantitative estimate of drug-likeness (QED) is 0.637. The number of rotatable bonds is 2. The van der Waals surface area contributed by atoms with Crippen LogP contribution >= 0.6 is 0 Å². The van der Waals surface area contributed by atoms with Gasteiger partial charge in [-0.3, -0.25) is 0 Å². The Balaban J connectivity index is 2.24. The van der Waals surface area contributed by atoms with Crippen molar-refractivity contribution in [3.63, 3.8) is 0 Å². The van der Waals surface area contributed by atoms with Gasteiger partial charge in [-0.15, -0.1) is 0 Å². The van der Waals surface area contributed by atoms with Crippen molar-refractivity contribution in [2.45, 2.75) is 19.8 Å². The van der Waals surface area contributed by atoms with Crippen molar-refractivity contribution in [3.05, 3.63) is 66.0 Å². The predicted octanol–water partition coefficient (Wildman–Crippen LogP) is 4.96. The highest BCUT2D eigenvalue weighted by Crippen LogP contribution is 2.28. The highest BCUT2D eigenvalue weighted by Gasteiger charge is 2.10. The lowest BCUT2D eigenvalue weighted by atomic mass is 9.96. The molecule has 0 aliphatic rings. The number of pyridine rings is 1. The Labute approximate surface area is 118 Å². The molecule has 0 spiro atoms. The van der Waals surface area contributed by atoms with E-state index in [0.29, 0.717) is 5.92 Å². The predicted molar refractivity (Wildman–Crippen MR) is 80.1 cm³/mol. The molecule has 0 aliphatic heterocycles. The number of hydrogen-bond donors (Lipinski definition) is 0. The van der Waals surface area contributed by atoms with Crippen LogP contribution in [0.5, 0.6) is 0 Å². The summed E-state index contributed by atoms with van der Waals surface area (Å²) < 4.78 is 13.0. The summed E-state index contributed by atoms with van der Waals surface area (Å²) in [5, 5.41) is 1.13. The maximum absolute atomic E-state index is 13.0. The molecular formula is C18H15FN. The van der Waals surface area contributed by atoms with Crippen molar-refractivity contribution >= 4 is 10.9 Å². The minimum absolute atomic E-state index is 0.237. The number of aromatic nitrogens is 1. The molecule has 0 N–H and O–H groups in total. The van der Waals surface area contributed by atoms with E-state index in [2.05, 4.69) is 31.0 Å². The van der Waals surface area contributed by atoms with Gasteiger partial charge in [0.2, 0.25) is 0 Å². The third-order valence-corrected chi connectivity index (χ3v) is 3.37. The molecule has 1 aromatic heterocycles. The second-order valence-corrected chi connectivity index (χ2v) is 5.18. The fourth-order valence-corrected chi connectivity index (χ4v) is 2.34. The molecule has 0 amide bonds. The molecular weight excluding hydrogens is 249 g/mol. The molecule has 2 heteroatoms. The first kappa shape index (κ1) is 12.8. The van der Waals surface area contributed by atoms with Crippen molar-refractivity contribution in [3.8, 4) is 11.3 Å². The molecule has 0 saturated carbocycles. The fraction of sp³-hybridized carbons (Fsp3) is 0.167. The average Bonchev–Trinajstić information content (AvgIpc) is 2.46. The molecule has 0 aliphatic carbocycles. The maximum atomic E-state index is 13.0. The van der Waals surface area contributed by atoms with Crippen LogP contribution in [0.15, 0.2) is 48.5 Å². The standard InChI is InChI=1S/C18H15FN/c1-12(2)16-11-18(13-7-9-14(19)10-8-13)20-17-6-4-3-5-15(16)17/h3-10,12H,1-2H3. The Bertz CT molecular complexity index is 745. The molecule has 1 radical (unpaired) electrons. The van der Waals surface area contributed by atoms with E-state index in [4.69, 9.17) is 0 Å². The second kappa shape index (κ2) is 5.04. The topological polar surface area (TPSA) is 12.9 Å². The minimum Gasteiger partial charge on any atom is -0.247 e. The third kappa shape index (κ3) is 2.29. The molecule has 99 valence electrons. The number of fused-ring (bicyclic) bond motifs is 1. The zero-order valence-corrected chi connectivity index (χ0v) is 11.5. The average molecular weight is 264 g/mol. The lowest BCUT2D eigenvalue weighted by molar-refractivity contribution is 0.628. The second-order valence-electron chi connectivity index (χ2n) is 5.18. The summed E-state index contributed by atoms with van der Waals surface area (Å²) >= 11 is 0. The van der Waals surface area contributed by atoms with E-state index in [1.807, 2.05) is 18.2 Å². The molecule has 0 bridgehead atoms. The first-order chi connectivity index (χ1) is 9.65. The molecule has 0 saturated heterocycles. The van der Waals surface area contributed by atoms with E-state index in [1.165, 1.54) is 12.1 Å². The molecule has 20 heavy (non-hydrogen) atoms. The van der Waals surface area contributed by atoms with Gasteiger partial charge in [0, 0.05) is 17.0 Å². The summed E-state index contributed by atoms with van der Waals surface area (Å²) in [6, 6.07) is 17.9. The van der Waals surface area contributed by atoms with E-state index in [1.54, 1.807) is 12.1 Å². The van der Waals surface area contributed by atoms with Crippen LogP contribution in [0.3, 0.4) is 0 Å². The van der Waals surface area contributed by atoms with Gasteiger partial charge in [0.1, 0.15) is 5.82 Å². The SMILES string of the molecule is CC(C)c1[c]c(-c2ccc(F)cc2)nc2ccccc12. The number of nitrogens with zero attached hydrogens (tertiary/aromatic N) is 1. The summed E-state index contributed by atoms with van der Waals surface area (Å²) in [5.74, 6) is 0.126. The summed E-state index contributed by atoms with van der Waals surface area (Å²) in [5.41, 5.74) is 3.76. The van der Waals surface area contributed by atoms with Crippen LogP contribution in [-0.2, 0) is 0 Å². The first-order valence-electron chi connectivity index (χ1n) is 6.73. The Morgan fingerprint density at radius 3 is 2.40 bits per heavy atom. The number of para-hydroxylation sites is 1. The normalized spacial score (nSPS) is 11.2. The third-order valence-electron chi connectivity index (χ3n) is 3.37. The van der Waals surface area contributed by atoms with E-state index >= 15 is 0 Å². The highest BCUT2D eigenvalue weighted by molar-refractivity contribution is 5.85. The zero-order chi connectivity index (χ0) is 14.1. The first-order valence-corrected chi connectivity index (χ1v) is 6.73. The van der Waals surface area contributed by atoms with E-state index in [0.717, 1.165) is 27.7 Å². The molecule has 0 unspecified atom stereocenters. The Kier molecular flexibility index (Phi) is 3.23. The van der Waals surface area contributed by atoms with Gasteiger partial charge in [-0.1, -0.05) is 32.0 Å². The van der Waals surface area contributed by atoms with Crippen molar-refractivity contribution in [1.82, 2.24) is 4.98 Å². The van der Waals surface area contributed by atoms with Crippen LogP contribution in [0.4, 0.5) is 4.39 Å². The zero-order valence-electron chi connectivity index (χ0n) is 11.5. The van der Waals surface area contributed by atoms with E-state index in [-0.39, 0.29) is 5.82 Å². The van der Waals surface area contributed by atoms with E-state index in [9.17, 15) is 4.39 Å². The number of halogens is 1. The van der Waals surface area contributed by atoms with Gasteiger partial charge in [0.15, 0.2) is 0 Å². The lowest BCUT2D eigenvalue weighted by Crippen LogP contribution is -1.95. The van der Waals surface area contributed by atoms with Crippen LogP contribution in [0.1, 0.15) is 25.3 Å². The van der Waals surface area contributed by atoms with Gasteiger partial charge in [-0.05, 0) is 41.8 Å². The van der Waals surface area contributed by atoms with Gasteiger partial charge in [0.05, 0.1) is 11.2 Å². The number of hydrogen-bond acceptors (Lipinski definition) is 1. The van der Waals surface area contributed by atoms with Gasteiger partial charge in [-0.25, -0.2) is 9.37 Å². The molecule has 3 rings (SSSR count). The summed E-state index contributed by atoms with van der Waals surface area (Å²) in [7, 11) is 0. The van der Waals surface area contributed by atoms with Crippen molar-refractivity contribution < 1.29 is 4.39 Å². The van der Waals surface area contributed by atoms with Gasteiger partial charge < -0.3 is 0 Å². The van der Waals surface area contributed by atoms with Crippen molar-refractivity contribution in [1.29, 1.82) is 0 Å². The summed E-state index contributed by atoms with van der Waals surface area (Å²) in [6.45, 7) is 4.29. The largest absolute Gasteiger partial charge is 0.247 e. The van der Waals surface area contributed by atoms with Gasteiger partial charge in [-0.2, -0.15) is 0 Å². The van der Waals surface area contributed by atoms with Gasteiger partial charge >= 0.3 is 0 Å². The smallest absolute Gasteiger partial charge is 0.123 e. The molecule has 0 fully saturated rings. The van der Waals surface area contributed by atoms with Gasteiger partial charge in [0.25, 0.3) is 0 Å². The molecule has 1 heterocycles.